The van der Waals surface area contributed by atoms with Crippen molar-refractivity contribution in [3.63, 3.8) is 0 Å². The fourth-order valence-corrected chi connectivity index (χ4v) is 4.71. The lowest BCUT2D eigenvalue weighted by molar-refractivity contribution is 0.0987. The van der Waals surface area contributed by atoms with Gasteiger partial charge in [-0.1, -0.05) is 30.3 Å². The van der Waals surface area contributed by atoms with Gasteiger partial charge in [0, 0.05) is 28.2 Å². The van der Waals surface area contributed by atoms with Gasteiger partial charge < -0.3 is 16.0 Å². The predicted octanol–water partition coefficient (Wildman–Crippen LogP) is 4.66. The van der Waals surface area contributed by atoms with Crippen molar-refractivity contribution in [3.05, 3.63) is 87.9 Å². The van der Waals surface area contributed by atoms with Crippen molar-refractivity contribution in [1.82, 2.24) is 0 Å². The Bertz CT molecular complexity index is 1170. The van der Waals surface area contributed by atoms with Gasteiger partial charge in [-0.2, -0.15) is 0 Å². The van der Waals surface area contributed by atoms with Crippen LogP contribution in [-0.4, -0.2) is 24.4 Å². The predicted molar refractivity (Wildman–Crippen MR) is 122 cm³/mol. The van der Waals surface area contributed by atoms with E-state index >= 15 is 0 Å². The van der Waals surface area contributed by atoms with Gasteiger partial charge in [-0.25, -0.2) is 0 Å². The van der Waals surface area contributed by atoms with E-state index in [-0.39, 0.29) is 5.91 Å². The molecule has 0 atom stereocenters. The molecule has 0 aliphatic carbocycles. The quantitative estimate of drug-likeness (QED) is 0.480. The van der Waals surface area contributed by atoms with Crippen molar-refractivity contribution >= 4 is 34.9 Å². The van der Waals surface area contributed by atoms with Gasteiger partial charge in [-0.15, -0.1) is 11.3 Å². The minimum atomic E-state index is -0.0863. The molecule has 0 unspecified atom stereocenters. The van der Waals surface area contributed by atoms with Crippen LogP contribution < -0.4 is 10.6 Å². The first-order valence-electron chi connectivity index (χ1n) is 9.60. The number of carbonyl (C=O) groups excluding carboxylic acids is 2. The monoisotopic (exact) mass is 415 g/mol. The number of fused-ring (bicyclic) bond motifs is 3. The molecule has 0 bridgehead atoms. The first-order valence-corrected chi connectivity index (χ1v) is 10.4. The summed E-state index contributed by atoms with van der Waals surface area (Å²) in [5.41, 5.74) is 10.7. The number of aldehydes is 1. The molecular formula is C24H21N3O2S. The number of thiophene rings is 1. The highest BCUT2D eigenvalue weighted by atomic mass is 32.1. The molecule has 4 rings (SSSR count). The van der Waals surface area contributed by atoms with Crippen molar-refractivity contribution in [1.29, 1.82) is 5.41 Å². The lowest BCUT2D eigenvalue weighted by Gasteiger charge is -2.23. The minimum Gasteiger partial charge on any atom is -0.402 e. The zero-order valence-corrected chi connectivity index (χ0v) is 17.3. The third-order valence-electron chi connectivity index (χ3n) is 5.05. The van der Waals surface area contributed by atoms with E-state index in [1.165, 1.54) is 11.3 Å². The van der Waals surface area contributed by atoms with Crippen LogP contribution in [0.4, 0.5) is 5.69 Å². The van der Waals surface area contributed by atoms with Crippen molar-refractivity contribution < 1.29 is 9.59 Å². The van der Waals surface area contributed by atoms with Crippen molar-refractivity contribution in [2.24, 2.45) is 5.73 Å². The molecule has 2 aromatic carbocycles. The van der Waals surface area contributed by atoms with Crippen molar-refractivity contribution in [2.75, 3.05) is 11.4 Å². The van der Waals surface area contributed by atoms with E-state index in [0.29, 0.717) is 40.4 Å². The summed E-state index contributed by atoms with van der Waals surface area (Å²) in [6.45, 7) is 2.27. The maximum absolute atomic E-state index is 13.4. The Hall–Kier alpha value is -3.51. The maximum atomic E-state index is 13.4. The molecule has 1 amide bonds. The van der Waals surface area contributed by atoms with Crippen LogP contribution in [0.3, 0.4) is 0 Å². The Morgan fingerprint density at radius 2 is 1.83 bits per heavy atom. The second-order valence-corrected chi connectivity index (χ2v) is 8.31. The number of amides is 1. The Labute approximate surface area is 179 Å². The molecule has 1 aliphatic rings. The number of hydrogen-bond donors (Lipinski definition) is 2. The molecule has 0 saturated heterocycles. The Balaban J connectivity index is 1.68. The van der Waals surface area contributed by atoms with Gasteiger partial charge in [0.2, 0.25) is 0 Å². The minimum absolute atomic E-state index is 0.0863. The van der Waals surface area contributed by atoms with E-state index in [1.54, 1.807) is 42.2 Å². The van der Waals surface area contributed by atoms with Crippen LogP contribution in [0.1, 0.15) is 38.1 Å². The molecule has 3 N–H and O–H groups in total. The molecule has 1 aliphatic heterocycles. The molecule has 1 aromatic heterocycles. The molecular weight excluding hydrogens is 394 g/mol. The first-order chi connectivity index (χ1) is 14.5. The van der Waals surface area contributed by atoms with Gasteiger partial charge in [0.25, 0.3) is 5.91 Å². The molecule has 0 saturated carbocycles. The summed E-state index contributed by atoms with van der Waals surface area (Å²) in [6.07, 6.45) is 3.16. The van der Waals surface area contributed by atoms with E-state index in [2.05, 4.69) is 0 Å². The zero-order valence-electron chi connectivity index (χ0n) is 16.5. The smallest absolute Gasteiger partial charge is 0.258 e. The van der Waals surface area contributed by atoms with Crippen LogP contribution in [0.2, 0.25) is 0 Å². The lowest BCUT2D eigenvalue weighted by atomic mass is 10.1. The largest absolute Gasteiger partial charge is 0.402 e. The van der Waals surface area contributed by atoms with E-state index in [1.807, 2.05) is 30.3 Å². The van der Waals surface area contributed by atoms with Crippen LogP contribution in [0.5, 0.6) is 0 Å². The van der Waals surface area contributed by atoms with E-state index in [0.717, 1.165) is 28.0 Å². The highest BCUT2D eigenvalue weighted by molar-refractivity contribution is 7.17. The van der Waals surface area contributed by atoms with Crippen molar-refractivity contribution in [3.8, 4) is 10.4 Å². The van der Waals surface area contributed by atoms with Crippen molar-refractivity contribution in [2.45, 2.75) is 13.3 Å². The summed E-state index contributed by atoms with van der Waals surface area (Å²) in [7, 11) is 0. The average Bonchev–Trinajstić information content (AvgIpc) is 3.10. The van der Waals surface area contributed by atoms with Crippen LogP contribution in [0, 0.1) is 5.41 Å². The average molecular weight is 416 g/mol. The molecule has 3 aromatic rings. The molecule has 0 fully saturated rings. The molecule has 30 heavy (non-hydrogen) atoms. The van der Waals surface area contributed by atoms with E-state index in [9.17, 15) is 9.59 Å². The number of carbonyl (C=O) groups is 2. The number of anilines is 1. The lowest BCUT2D eigenvalue weighted by Crippen LogP contribution is -2.32. The number of nitrogens with two attached hydrogens (primary N) is 1. The zero-order chi connectivity index (χ0) is 21.3. The number of nitrogens with one attached hydrogen (secondary N) is 1. The first kappa shape index (κ1) is 19.8. The Kier molecular flexibility index (Phi) is 5.33. The molecule has 0 spiro atoms. The molecule has 5 nitrogen and oxygen atoms in total. The number of benzene rings is 2. The second-order valence-electron chi connectivity index (χ2n) is 7.22. The summed E-state index contributed by atoms with van der Waals surface area (Å²) in [6, 6.07) is 16.8. The van der Waals surface area contributed by atoms with Crippen LogP contribution in [0.25, 0.3) is 10.4 Å². The van der Waals surface area contributed by atoms with Gasteiger partial charge in [0.1, 0.15) is 0 Å². The van der Waals surface area contributed by atoms with Crippen LogP contribution in [-0.2, 0) is 6.42 Å². The summed E-state index contributed by atoms with van der Waals surface area (Å²) >= 11 is 1.47. The van der Waals surface area contributed by atoms with Gasteiger partial charge in [-0.3, -0.25) is 9.59 Å². The van der Waals surface area contributed by atoms with Gasteiger partial charge in [0.05, 0.1) is 16.3 Å². The summed E-state index contributed by atoms with van der Waals surface area (Å²) in [4.78, 5) is 28.1. The standard InChI is InChI=1S/C24H21N3O2S/c1-15(25)12-21(26)16-6-8-17(9-7-16)24(29)27-11-10-18-13-19(14-28)30-23(18)20-4-2-3-5-22(20)27/h2-9,12-14,26H,10-11,25H2,1H3/b15-12-,26-21?. The normalized spacial score (nSPS) is 13.2. The number of allylic oxidation sites excluding steroid dienone is 2. The molecule has 150 valence electrons. The number of hydrogen-bond acceptors (Lipinski definition) is 5. The van der Waals surface area contributed by atoms with Gasteiger partial charge in [-0.05, 0) is 54.8 Å². The summed E-state index contributed by atoms with van der Waals surface area (Å²) in [5.74, 6) is -0.0863. The highest BCUT2D eigenvalue weighted by Crippen LogP contribution is 2.41. The topological polar surface area (TPSA) is 87.2 Å². The fourth-order valence-electron chi connectivity index (χ4n) is 3.65. The number of para-hydroxylation sites is 1. The summed E-state index contributed by atoms with van der Waals surface area (Å²) in [5, 5.41) is 8.07. The maximum Gasteiger partial charge on any atom is 0.258 e. The third kappa shape index (κ3) is 3.69. The fraction of sp³-hybridized carbons (Fsp3) is 0.125. The van der Waals surface area contributed by atoms with Crippen LogP contribution in [0.15, 0.2) is 66.4 Å². The highest BCUT2D eigenvalue weighted by Gasteiger charge is 2.26. The molecule has 6 heteroatoms. The Morgan fingerprint density at radius 3 is 2.53 bits per heavy atom. The number of nitrogens with zero attached hydrogens (tertiary/aromatic N) is 1. The number of rotatable bonds is 4. The van der Waals surface area contributed by atoms with Gasteiger partial charge >= 0.3 is 0 Å². The molecule has 0 radical (unpaired) electrons. The van der Waals surface area contributed by atoms with E-state index < -0.39 is 0 Å². The van der Waals surface area contributed by atoms with E-state index in [4.69, 9.17) is 11.1 Å². The third-order valence-corrected chi connectivity index (χ3v) is 6.18. The molecule has 2 heterocycles. The van der Waals surface area contributed by atoms with Gasteiger partial charge in [0.15, 0.2) is 6.29 Å². The summed E-state index contributed by atoms with van der Waals surface area (Å²) < 4.78 is 0. The van der Waals surface area contributed by atoms with Crippen LogP contribution >= 0.6 is 11.3 Å². The Morgan fingerprint density at radius 1 is 1.13 bits per heavy atom. The SMILES string of the molecule is C/C(N)=C/C(=N)c1ccc(C(=O)N2CCc3cc(C=O)sc3-c3ccccc32)cc1. The second kappa shape index (κ2) is 8.08.